The number of hydrogen-bond donors (Lipinski definition) is 3. The van der Waals surface area contributed by atoms with Crippen LogP contribution in [0.3, 0.4) is 0 Å². The summed E-state index contributed by atoms with van der Waals surface area (Å²) in [6.07, 6.45) is 2.44. The van der Waals surface area contributed by atoms with Gasteiger partial charge in [-0.15, -0.1) is 5.10 Å². The normalized spacial score (nSPS) is 12.6. The Labute approximate surface area is 86.9 Å². The van der Waals surface area contributed by atoms with Gasteiger partial charge in [-0.1, -0.05) is 0 Å². The van der Waals surface area contributed by atoms with Gasteiger partial charge in [0.05, 0.1) is 6.26 Å². The fraction of sp³-hybridized carbons (Fsp3) is 0.333. The van der Waals surface area contributed by atoms with Gasteiger partial charge in [-0.2, -0.15) is 4.98 Å². The number of nitrogens with one attached hydrogen (secondary N) is 2. The number of rotatable bonds is 4. The maximum atomic E-state index is 5.40. The minimum absolute atomic E-state index is 0.186. The molecule has 0 radical (unpaired) electrons. The maximum absolute atomic E-state index is 5.40. The Bertz CT molecular complexity index is 408. The number of furan rings is 1. The van der Waals surface area contributed by atoms with Gasteiger partial charge in [0.25, 0.3) is 0 Å². The average molecular weight is 207 g/mol. The van der Waals surface area contributed by atoms with Gasteiger partial charge < -0.3 is 15.5 Å². The van der Waals surface area contributed by atoms with Gasteiger partial charge in [-0.05, 0) is 19.1 Å². The van der Waals surface area contributed by atoms with Crippen molar-refractivity contribution in [3.05, 3.63) is 24.2 Å². The fourth-order valence-corrected chi connectivity index (χ4v) is 1.34. The molecule has 2 aromatic rings. The second-order valence-electron chi connectivity index (χ2n) is 3.37. The Morgan fingerprint density at radius 3 is 3.13 bits per heavy atom. The van der Waals surface area contributed by atoms with E-state index in [4.69, 9.17) is 10.2 Å². The van der Waals surface area contributed by atoms with E-state index >= 15 is 0 Å². The van der Waals surface area contributed by atoms with Crippen LogP contribution in [0.4, 0.5) is 11.9 Å². The van der Waals surface area contributed by atoms with Gasteiger partial charge in [0, 0.05) is 12.5 Å². The van der Waals surface area contributed by atoms with Crippen molar-refractivity contribution in [2.45, 2.75) is 19.4 Å². The number of hydrogen-bond acceptors (Lipinski definition) is 5. The molecule has 0 aliphatic carbocycles. The number of H-pyrrole nitrogens is 1. The third-order valence-corrected chi connectivity index (χ3v) is 1.97. The van der Waals surface area contributed by atoms with Gasteiger partial charge in [-0.3, -0.25) is 0 Å². The van der Waals surface area contributed by atoms with Crippen LogP contribution in [0.2, 0.25) is 0 Å². The molecule has 0 saturated carbocycles. The average Bonchev–Trinajstić information content (AvgIpc) is 2.77. The van der Waals surface area contributed by atoms with Crippen LogP contribution in [0.1, 0.15) is 12.7 Å². The molecule has 80 valence electrons. The van der Waals surface area contributed by atoms with E-state index in [1.165, 1.54) is 0 Å². The van der Waals surface area contributed by atoms with E-state index in [2.05, 4.69) is 20.5 Å². The van der Waals surface area contributed by atoms with Crippen LogP contribution >= 0.6 is 0 Å². The number of nitrogens with zero attached hydrogens (tertiary/aromatic N) is 2. The van der Waals surface area contributed by atoms with Crippen molar-refractivity contribution >= 4 is 11.9 Å². The molecule has 1 atom stereocenters. The molecular formula is C9H13N5O. The number of aromatic nitrogens is 3. The molecule has 6 nitrogen and oxygen atoms in total. The van der Waals surface area contributed by atoms with Crippen LogP contribution in [0.15, 0.2) is 22.8 Å². The van der Waals surface area contributed by atoms with E-state index in [-0.39, 0.29) is 6.04 Å². The number of anilines is 2. The molecule has 2 heterocycles. The molecule has 0 aromatic carbocycles. The van der Waals surface area contributed by atoms with Crippen molar-refractivity contribution in [2.24, 2.45) is 0 Å². The van der Waals surface area contributed by atoms with Gasteiger partial charge in [0.2, 0.25) is 11.9 Å². The SMILES string of the molecule is CC(Cc1ccco1)Nc1n[nH]c(N)n1. The first kappa shape index (κ1) is 9.57. The molecule has 2 aromatic heterocycles. The first-order valence-electron chi connectivity index (χ1n) is 4.71. The molecule has 0 aliphatic rings. The van der Waals surface area contributed by atoms with E-state index in [1.54, 1.807) is 6.26 Å². The quantitative estimate of drug-likeness (QED) is 0.696. The highest BCUT2D eigenvalue weighted by Crippen LogP contribution is 2.08. The molecule has 0 fully saturated rings. The van der Waals surface area contributed by atoms with Crippen LogP contribution in [0.25, 0.3) is 0 Å². The topological polar surface area (TPSA) is 92.8 Å². The molecule has 1 unspecified atom stereocenters. The van der Waals surface area contributed by atoms with Crippen molar-refractivity contribution < 1.29 is 4.42 Å². The van der Waals surface area contributed by atoms with Crippen LogP contribution < -0.4 is 11.1 Å². The molecule has 4 N–H and O–H groups in total. The molecule has 0 amide bonds. The van der Waals surface area contributed by atoms with E-state index in [1.807, 2.05) is 19.1 Å². The molecule has 0 aliphatic heterocycles. The highest BCUT2D eigenvalue weighted by molar-refractivity contribution is 5.30. The lowest BCUT2D eigenvalue weighted by Crippen LogP contribution is -2.18. The van der Waals surface area contributed by atoms with Gasteiger partial charge in [0.1, 0.15) is 5.76 Å². The van der Waals surface area contributed by atoms with Crippen LogP contribution in [0, 0.1) is 0 Å². The first-order valence-corrected chi connectivity index (χ1v) is 4.71. The largest absolute Gasteiger partial charge is 0.469 e. The lowest BCUT2D eigenvalue weighted by atomic mass is 10.2. The minimum atomic E-state index is 0.186. The lowest BCUT2D eigenvalue weighted by Gasteiger charge is -2.09. The second-order valence-corrected chi connectivity index (χ2v) is 3.37. The summed E-state index contributed by atoms with van der Waals surface area (Å²) in [6, 6.07) is 3.99. The van der Waals surface area contributed by atoms with E-state index in [0.29, 0.717) is 11.9 Å². The highest BCUT2D eigenvalue weighted by Gasteiger charge is 2.07. The third-order valence-electron chi connectivity index (χ3n) is 1.97. The Balaban J connectivity index is 1.90. The van der Waals surface area contributed by atoms with Crippen LogP contribution in [0.5, 0.6) is 0 Å². The number of aromatic amines is 1. The van der Waals surface area contributed by atoms with Crippen LogP contribution in [-0.4, -0.2) is 21.2 Å². The Hall–Kier alpha value is -1.98. The summed E-state index contributed by atoms with van der Waals surface area (Å²) in [4.78, 5) is 3.95. The molecular weight excluding hydrogens is 194 g/mol. The Morgan fingerprint density at radius 2 is 2.53 bits per heavy atom. The monoisotopic (exact) mass is 207 g/mol. The van der Waals surface area contributed by atoms with Gasteiger partial charge in [0.15, 0.2) is 0 Å². The van der Waals surface area contributed by atoms with E-state index in [0.717, 1.165) is 12.2 Å². The highest BCUT2D eigenvalue weighted by atomic mass is 16.3. The standard InChI is InChI=1S/C9H13N5O/c1-6(5-7-3-2-4-15-7)11-9-12-8(10)13-14-9/h2-4,6H,5H2,1H3,(H4,10,11,12,13,14). The summed E-state index contributed by atoms with van der Waals surface area (Å²) < 4.78 is 5.23. The summed E-state index contributed by atoms with van der Waals surface area (Å²) in [7, 11) is 0. The van der Waals surface area contributed by atoms with Crippen molar-refractivity contribution in [1.82, 2.24) is 15.2 Å². The van der Waals surface area contributed by atoms with Crippen molar-refractivity contribution in [3.63, 3.8) is 0 Å². The minimum Gasteiger partial charge on any atom is -0.469 e. The summed E-state index contributed by atoms with van der Waals surface area (Å²) >= 11 is 0. The molecule has 2 rings (SSSR count). The van der Waals surface area contributed by atoms with Gasteiger partial charge >= 0.3 is 0 Å². The third kappa shape index (κ3) is 2.49. The summed E-state index contributed by atoms with van der Waals surface area (Å²) in [5.41, 5.74) is 5.40. The number of nitrogen functional groups attached to an aromatic ring is 1. The van der Waals surface area contributed by atoms with E-state index < -0.39 is 0 Å². The predicted molar refractivity (Wildman–Crippen MR) is 56.3 cm³/mol. The molecule has 0 bridgehead atoms. The Morgan fingerprint density at radius 1 is 1.67 bits per heavy atom. The number of nitrogens with two attached hydrogens (primary N) is 1. The van der Waals surface area contributed by atoms with Crippen molar-refractivity contribution in [2.75, 3.05) is 11.1 Å². The zero-order valence-corrected chi connectivity index (χ0v) is 8.40. The van der Waals surface area contributed by atoms with Gasteiger partial charge in [-0.25, -0.2) is 5.10 Å². The van der Waals surface area contributed by atoms with E-state index in [9.17, 15) is 0 Å². The smallest absolute Gasteiger partial charge is 0.243 e. The lowest BCUT2D eigenvalue weighted by molar-refractivity contribution is 0.497. The molecule has 0 spiro atoms. The first-order chi connectivity index (χ1) is 7.24. The van der Waals surface area contributed by atoms with Crippen molar-refractivity contribution in [1.29, 1.82) is 0 Å². The summed E-state index contributed by atoms with van der Waals surface area (Å²) in [6.45, 7) is 2.02. The zero-order valence-electron chi connectivity index (χ0n) is 8.40. The molecule has 6 heteroatoms. The maximum Gasteiger partial charge on any atom is 0.243 e. The molecule has 0 saturated heterocycles. The summed E-state index contributed by atoms with van der Waals surface area (Å²) in [5, 5.41) is 9.55. The Kier molecular flexibility index (Phi) is 2.57. The summed E-state index contributed by atoms with van der Waals surface area (Å²) in [5.74, 6) is 1.74. The second kappa shape index (κ2) is 4.04. The fourth-order valence-electron chi connectivity index (χ4n) is 1.34. The zero-order chi connectivity index (χ0) is 10.7. The van der Waals surface area contributed by atoms with Crippen molar-refractivity contribution in [3.8, 4) is 0 Å². The molecule has 15 heavy (non-hydrogen) atoms. The van der Waals surface area contributed by atoms with Crippen LogP contribution in [-0.2, 0) is 6.42 Å². The predicted octanol–water partition coefficient (Wildman–Crippen LogP) is 1.02.